The summed E-state index contributed by atoms with van der Waals surface area (Å²) in [6.45, 7) is 5.49. The summed E-state index contributed by atoms with van der Waals surface area (Å²) in [7, 11) is 1.65. The first kappa shape index (κ1) is 63.2. The molecule has 9 heteroatoms. The Labute approximate surface area is 402 Å². The van der Waals surface area contributed by atoms with E-state index in [9.17, 15) is 14.3 Å². The molecule has 0 spiro atoms. The largest absolute Gasteiger partial charge is 0.472 e. The molecule has 0 aromatic carbocycles. The van der Waals surface area contributed by atoms with Crippen LogP contribution in [0.1, 0.15) is 232 Å². The van der Waals surface area contributed by atoms with Gasteiger partial charge in [-0.05, 0) is 77.0 Å². The molecule has 0 radical (unpaired) electrons. The lowest BCUT2D eigenvalue weighted by atomic mass is 10.0. The second kappa shape index (κ2) is 48.6. The van der Waals surface area contributed by atoms with Gasteiger partial charge < -0.3 is 18.9 Å². The van der Waals surface area contributed by atoms with Gasteiger partial charge in [0.1, 0.15) is 19.3 Å². The van der Waals surface area contributed by atoms with Crippen LogP contribution in [-0.4, -0.2) is 75.6 Å². The fourth-order valence-corrected chi connectivity index (χ4v) is 8.16. The molecule has 0 aromatic rings. The normalized spacial score (nSPS) is 14.0. The van der Waals surface area contributed by atoms with E-state index < -0.39 is 13.9 Å². The Kier molecular flexibility index (Phi) is 47.3. The molecule has 0 amide bonds. The van der Waals surface area contributed by atoms with Gasteiger partial charge in [-0.15, -0.1) is 0 Å². The second-order valence-corrected chi connectivity index (χ2v) is 20.7. The summed E-state index contributed by atoms with van der Waals surface area (Å²) in [4.78, 5) is 23.0. The standard InChI is InChI=1S/C56H104NO7P/c1-6-8-10-12-14-16-18-20-22-24-26-27-28-29-30-31-32-33-35-37-39-41-43-45-47-49-56(58)64-55(54-63-65(59,60)62-52-50-57(3,4)5)53-61-51-48-46-44-42-40-38-36-34-25-23-21-19-17-15-13-11-9-7-2/h9,11,15,17,21,23-24,26,34,36,55H,6-8,10,12-14,16,18-20,22,25,27-33,35,37-54H2,1-5H3/p+1/b11-9-,17-15-,23-21-,26-24-,36-34-. The minimum absolute atomic E-state index is 0.0829. The highest BCUT2D eigenvalue weighted by atomic mass is 31.2. The topological polar surface area (TPSA) is 91.3 Å². The number of rotatable bonds is 50. The molecule has 8 nitrogen and oxygen atoms in total. The molecule has 0 aliphatic rings. The number of hydrogen-bond acceptors (Lipinski definition) is 6. The van der Waals surface area contributed by atoms with Crippen molar-refractivity contribution in [2.45, 2.75) is 238 Å². The Morgan fingerprint density at radius 3 is 1.35 bits per heavy atom. The van der Waals surface area contributed by atoms with E-state index in [0.29, 0.717) is 24.1 Å². The molecular formula is C56H105NO7P+. The van der Waals surface area contributed by atoms with Crippen molar-refractivity contribution < 1.29 is 37.3 Å². The van der Waals surface area contributed by atoms with E-state index in [0.717, 1.165) is 70.6 Å². The Bertz CT molecular complexity index is 1220. The van der Waals surface area contributed by atoms with Crippen molar-refractivity contribution in [3.05, 3.63) is 60.8 Å². The molecule has 0 fully saturated rings. The van der Waals surface area contributed by atoms with Crippen molar-refractivity contribution in [1.29, 1.82) is 0 Å². The summed E-state index contributed by atoms with van der Waals surface area (Å²) in [5.41, 5.74) is 0. The Morgan fingerprint density at radius 2 is 0.892 bits per heavy atom. The molecule has 0 saturated carbocycles. The Hall–Kier alpha value is -1.80. The maximum Gasteiger partial charge on any atom is 0.472 e. The fourth-order valence-electron chi connectivity index (χ4n) is 7.42. The van der Waals surface area contributed by atoms with E-state index in [2.05, 4.69) is 74.6 Å². The molecule has 0 saturated heterocycles. The summed E-state index contributed by atoms with van der Waals surface area (Å²) in [5, 5.41) is 0. The first-order valence-electron chi connectivity index (χ1n) is 27.0. The molecule has 0 aromatic heterocycles. The third kappa shape index (κ3) is 53.0. The van der Waals surface area contributed by atoms with E-state index in [-0.39, 0.29) is 25.8 Å². The van der Waals surface area contributed by atoms with Gasteiger partial charge in [-0.2, -0.15) is 0 Å². The minimum atomic E-state index is -4.29. The number of phosphoric ester groups is 1. The van der Waals surface area contributed by atoms with Crippen molar-refractivity contribution >= 4 is 13.8 Å². The van der Waals surface area contributed by atoms with Gasteiger partial charge in [0.05, 0.1) is 34.4 Å². The van der Waals surface area contributed by atoms with Crippen LogP contribution in [0.4, 0.5) is 0 Å². The fraction of sp³-hybridized carbons (Fsp3) is 0.804. The van der Waals surface area contributed by atoms with Gasteiger partial charge in [0.15, 0.2) is 0 Å². The zero-order valence-corrected chi connectivity index (χ0v) is 44.1. The highest BCUT2D eigenvalue weighted by Crippen LogP contribution is 2.43. The van der Waals surface area contributed by atoms with Crippen LogP contribution in [0.15, 0.2) is 60.8 Å². The smallest absolute Gasteiger partial charge is 0.457 e. The number of nitrogens with zero attached hydrogens (tertiary/aromatic N) is 1. The number of quaternary nitrogens is 1. The average Bonchev–Trinajstić information content (AvgIpc) is 3.27. The van der Waals surface area contributed by atoms with Crippen molar-refractivity contribution in [1.82, 2.24) is 0 Å². The van der Waals surface area contributed by atoms with Crippen molar-refractivity contribution in [2.24, 2.45) is 0 Å². The van der Waals surface area contributed by atoms with Crippen LogP contribution in [0.2, 0.25) is 0 Å². The molecule has 0 rings (SSSR count). The first-order chi connectivity index (χ1) is 31.6. The zero-order valence-electron chi connectivity index (χ0n) is 43.2. The van der Waals surface area contributed by atoms with Gasteiger partial charge in [0.2, 0.25) is 0 Å². The average molecular weight is 935 g/mol. The lowest BCUT2D eigenvalue weighted by Gasteiger charge is -2.24. The van der Waals surface area contributed by atoms with E-state index in [1.807, 2.05) is 21.1 Å². The van der Waals surface area contributed by atoms with Crippen LogP contribution in [0.3, 0.4) is 0 Å². The van der Waals surface area contributed by atoms with E-state index in [1.54, 1.807) is 0 Å². The lowest BCUT2D eigenvalue weighted by Crippen LogP contribution is -2.37. The zero-order chi connectivity index (χ0) is 47.6. The number of carbonyl (C=O) groups is 1. The summed E-state index contributed by atoms with van der Waals surface area (Å²) >= 11 is 0. The maximum absolute atomic E-state index is 12.8. The molecule has 0 aliphatic heterocycles. The molecule has 2 atom stereocenters. The third-order valence-electron chi connectivity index (χ3n) is 11.6. The molecule has 0 aliphatic carbocycles. The number of hydrogen-bond donors (Lipinski definition) is 1. The van der Waals surface area contributed by atoms with Gasteiger partial charge in [-0.25, -0.2) is 4.57 Å². The number of allylic oxidation sites excluding steroid dienone is 10. The number of phosphoric acid groups is 1. The van der Waals surface area contributed by atoms with Gasteiger partial charge >= 0.3 is 13.8 Å². The number of ether oxygens (including phenoxy) is 2. The SMILES string of the molecule is CC/C=C\C/C=C\C/C=C\C/C=C\CCCCCCCOCC(COP(=O)(O)OCC[N+](C)(C)C)OC(=O)CCCCCCCCCCCCCCC/C=C\CCCCCCCCCC. The molecule has 1 N–H and O–H groups in total. The highest BCUT2D eigenvalue weighted by molar-refractivity contribution is 7.47. The van der Waals surface area contributed by atoms with Crippen molar-refractivity contribution in [3.63, 3.8) is 0 Å². The third-order valence-corrected chi connectivity index (χ3v) is 12.5. The lowest BCUT2D eigenvalue weighted by molar-refractivity contribution is -0.870. The number of esters is 1. The molecule has 380 valence electrons. The number of carbonyl (C=O) groups excluding carboxylic acids is 1. The van der Waals surface area contributed by atoms with E-state index >= 15 is 0 Å². The van der Waals surface area contributed by atoms with Crippen LogP contribution >= 0.6 is 7.82 Å². The monoisotopic (exact) mass is 935 g/mol. The van der Waals surface area contributed by atoms with E-state index in [4.69, 9.17) is 18.5 Å². The van der Waals surface area contributed by atoms with Crippen LogP contribution in [0, 0.1) is 0 Å². The van der Waals surface area contributed by atoms with E-state index in [1.165, 1.54) is 141 Å². The Morgan fingerprint density at radius 1 is 0.492 bits per heavy atom. The van der Waals surface area contributed by atoms with Crippen LogP contribution in [-0.2, 0) is 27.9 Å². The van der Waals surface area contributed by atoms with Crippen LogP contribution in [0.25, 0.3) is 0 Å². The van der Waals surface area contributed by atoms with Crippen molar-refractivity contribution in [3.8, 4) is 0 Å². The number of unbranched alkanes of at least 4 members (excludes halogenated alkanes) is 26. The molecule has 0 heterocycles. The summed E-state index contributed by atoms with van der Waals surface area (Å²) in [6.07, 6.45) is 62.8. The quantitative estimate of drug-likeness (QED) is 0.0214. The van der Waals surface area contributed by atoms with Gasteiger partial charge in [0.25, 0.3) is 0 Å². The molecule has 65 heavy (non-hydrogen) atoms. The van der Waals surface area contributed by atoms with Gasteiger partial charge in [0, 0.05) is 13.0 Å². The maximum atomic E-state index is 12.8. The van der Waals surface area contributed by atoms with Crippen molar-refractivity contribution in [2.75, 3.05) is 54.1 Å². The van der Waals surface area contributed by atoms with Gasteiger partial charge in [-0.3, -0.25) is 13.8 Å². The number of likely N-dealkylation sites (N-methyl/N-ethyl adjacent to an activating group) is 1. The summed E-state index contributed by atoms with van der Waals surface area (Å²) < 4.78 is 35.2. The predicted octanol–water partition coefficient (Wildman–Crippen LogP) is 16.8. The molecular weight excluding hydrogens is 830 g/mol. The van der Waals surface area contributed by atoms with Gasteiger partial charge in [-0.1, -0.05) is 209 Å². The highest BCUT2D eigenvalue weighted by Gasteiger charge is 2.26. The summed E-state index contributed by atoms with van der Waals surface area (Å²) in [6, 6.07) is 0. The first-order valence-corrected chi connectivity index (χ1v) is 28.5. The Balaban J connectivity index is 4.11. The van der Waals surface area contributed by atoms with Crippen LogP contribution < -0.4 is 0 Å². The molecule has 0 bridgehead atoms. The molecule has 2 unspecified atom stereocenters. The summed E-state index contributed by atoms with van der Waals surface area (Å²) in [5.74, 6) is -0.320. The minimum Gasteiger partial charge on any atom is -0.457 e. The predicted molar refractivity (Wildman–Crippen MR) is 279 cm³/mol. The second-order valence-electron chi connectivity index (χ2n) is 19.2. The van der Waals surface area contributed by atoms with Crippen LogP contribution in [0.5, 0.6) is 0 Å².